The molecule has 0 fully saturated rings. The molecule has 0 saturated carbocycles. The third-order valence-electron chi connectivity index (χ3n) is 5.82. The molecule has 3 rings (SSSR count). The lowest BCUT2D eigenvalue weighted by Gasteiger charge is -2.29. The molecule has 180 valence electrons. The smallest absolute Gasteiger partial charge is 0.222 e. The molecule has 0 spiro atoms. The van der Waals surface area contributed by atoms with Crippen LogP contribution in [0.3, 0.4) is 0 Å². The Labute approximate surface area is 194 Å². The Morgan fingerprint density at radius 1 is 1.24 bits per heavy atom. The van der Waals surface area contributed by atoms with Crippen LogP contribution in [0.1, 0.15) is 62.5 Å². The summed E-state index contributed by atoms with van der Waals surface area (Å²) in [5.74, 6) is -0.226. The Morgan fingerprint density at radius 2 is 2.00 bits per heavy atom. The topological polar surface area (TPSA) is 136 Å². The number of nitrogens with zero attached hydrogens (tertiary/aromatic N) is 5. The van der Waals surface area contributed by atoms with E-state index in [0.29, 0.717) is 44.1 Å². The van der Waals surface area contributed by atoms with Gasteiger partial charge in [-0.3, -0.25) is 4.79 Å². The first-order chi connectivity index (χ1) is 15.8. The largest absolute Gasteiger partial charge is 0.550 e. The van der Waals surface area contributed by atoms with E-state index in [1.165, 1.54) is 11.1 Å². The number of hydrogen-bond acceptors (Lipinski definition) is 8. The lowest BCUT2D eigenvalue weighted by atomic mass is 9.99. The van der Waals surface area contributed by atoms with Crippen molar-refractivity contribution < 1.29 is 19.8 Å². The van der Waals surface area contributed by atoms with Crippen LogP contribution in [0, 0.1) is 5.92 Å². The Balaban J connectivity index is 1.54. The minimum Gasteiger partial charge on any atom is -0.550 e. The van der Waals surface area contributed by atoms with Gasteiger partial charge in [0, 0.05) is 45.0 Å². The number of benzene rings is 1. The molecule has 0 bridgehead atoms. The predicted octanol–water partition coefficient (Wildman–Crippen LogP) is 0.216. The van der Waals surface area contributed by atoms with Gasteiger partial charge in [0.2, 0.25) is 5.91 Å². The molecule has 0 radical (unpaired) electrons. The van der Waals surface area contributed by atoms with Crippen molar-refractivity contribution in [2.75, 3.05) is 13.1 Å². The van der Waals surface area contributed by atoms with Crippen molar-refractivity contribution in [3.05, 3.63) is 41.2 Å². The van der Waals surface area contributed by atoms with Crippen LogP contribution < -0.4 is 10.4 Å². The molecular weight excluding hydrogens is 424 g/mol. The molecule has 2 aromatic rings. The first-order valence-electron chi connectivity index (χ1n) is 11.6. The van der Waals surface area contributed by atoms with E-state index in [4.69, 9.17) is 0 Å². The van der Waals surface area contributed by atoms with Gasteiger partial charge < -0.3 is 25.2 Å². The number of nitrogens with one attached hydrogen (secondary N) is 1. The molecule has 1 aromatic heterocycles. The first kappa shape index (κ1) is 24.8. The van der Waals surface area contributed by atoms with E-state index < -0.39 is 18.5 Å². The molecule has 1 aliphatic heterocycles. The molecule has 10 nitrogen and oxygen atoms in total. The predicted molar refractivity (Wildman–Crippen MR) is 118 cm³/mol. The van der Waals surface area contributed by atoms with Gasteiger partial charge in [0.25, 0.3) is 0 Å². The molecule has 33 heavy (non-hydrogen) atoms. The fourth-order valence-corrected chi connectivity index (χ4v) is 4.16. The third kappa shape index (κ3) is 7.33. The number of carboxylic acid groups (broad SMARTS) is 1. The number of carbonyl (C=O) groups is 2. The maximum Gasteiger partial charge on any atom is 0.222 e. The third-order valence-corrected chi connectivity index (χ3v) is 5.82. The van der Waals surface area contributed by atoms with Crippen LogP contribution in [0.2, 0.25) is 0 Å². The van der Waals surface area contributed by atoms with Crippen LogP contribution in [0.15, 0.2) is 24.3 Å². The molecule has 1 aliphatic rings. The minimum absolute atomic E-state index is 0.0904. The number of aromatic nitrogens is 4. The van der Waals surface area contributed by atoms with Crippen molar-refractivity contribution in [3.8, 4) is 0 Å². The fraction of sp³-hybridized carbons (Fsp3) is 0.609. The number of amides is 1. The number of hydrogen-bond donors (Lipinski definition) is 2. The zero-order chi connectivity index (χ0) is 23.8. The summed E-state index contributed by atoms with van der Waals surface area (Å²) in [6, 6.07) is 7.99. The molecule has 2 N–H and O–H groups in total. The second-order valence-electron chi connectivity index (χ2n) is 9.02. The van der Waals surface area contributed by atoms with Crippen LogP contribution in [0.5, 0.6) is 0 Å². The highest BCUT2D eigenvalue weighted by atomic mass is 16.4. The highest BCUT2D eigenvalue weighted by Crippen LogP contribution is 2.21. The minimum atomic E-state index is -1.29. The van der Waals surface area contributed by atoms with E-state index >= 15 is 0 Å². The normalized spacial score (nSPS) is 15.3. The van der Waals surface area contributed by atoms with Crippen molar-refractivity contribution in [2.24, 2.45) is 5.92 Å². The summed E-state index contributed by atoms with van der Waals surface area (Å²) in [5, 5.41) is 35.8. The van der Waals surface area contributed by atoms with Crippen LogP contribution in [-0.4, -0.2) is 61.3 Å². The molecule has 10 heteroatoms. The first-order valence-corrected chi connectivity index (χ1v) is 11.6. The molecule has 2 atom stereocenters. The zero-order valence-corrected chi connectivity index (χ0v) is 19.3. The standard InChI is InChI=1S/C23H34N6O4/c1-16(2)12-20(24-14-19(30)13-22(32)33)23-25-26-27-29(23)10-5-8-21(31)28-11-9-17-6-3-4-7-18(17)15-28/h3-4,6-7,16,19-20,24,30H,5,8-15H2,1-2H3,(H,32,33)/p-1. The summed E-state index contributed by atoms with van der Waals surface area (Å²) in [7, 11) is 0. The number of aliphatic hydroxyl groups excluding tert-OH is 1. The Bertz CT molecular complexity index is 931. The van der Waals surface area contributed by atoms with Gasteiger partial charge in [-0.1, -0.05) is 38.1 Å². The van der Waals surface area contributed by atoms with Gasteiger partial charge in [0.05, 0.1) is 12.1 Å². The Kier molecular flexibility index (Phi) is 8.90. The van der Waals surface area contributed by atoms with Gasteiger partial charge in [-0.15, -0.1) is 5.10 Å². The molecule has 1 aromatic carbocycles. The van der Waals surface area contributed by atoms with Crippen molar-refractivity contribution in [2.45, 2.75) is 71.2 Å². The Hall–Kier alpha value is -2.85. The molecule has 2 heterocycles. The summed E-state index contributed by atoms with van der Waals surface area (Å²) in [5.41, 5.74) is 2.52. The second kappa shape index (κ2) is 11.9. The molecule has 0 saturated heterocycles. The number of carbonyl (C=O) groups excluding carboxylic acids is 2. The van der Waals surface area contributed by atoms with Gasteiger partial charge in [0.1, 0.15) is 0 Å². The summed E-state index contributed by atoms with van der Waals surface area (Å²) in [6.45, 7) is 6.11. The second-order valence-corrected chi connectivity index (χ2v) is 9.02. The Morgan fingerprint density at radius 3 is 2.73 bits per heavy atom. The summed E-state index contributed by atoms with van der Waals surface area (Å²) >= 11 is 0. The maximum absolute atomic E-state index is 12.7. The number of aliphatic hydroxyl groups is 1. The SMILES string of the molecule is CC(C)CC(NCC(O)CC(=O)[O-])c1nnnn1CCCC(=O)N1CCc2ccccc2C1. The van der Waals surface area contributed by atoms with Gasteiger partial charge in [-0.05, 0) is 46.7 Å². The van der Waals surface area contributed by atoms with Crippen LogP contribution >= 0.6 is 0 Å². The maximum atomic E-state index is 12.7. The lowest BCUT2D eigenvalue weighted by Crippen LogP contribution is -2.37. The van der Waals surface area contributed by atoms with Crippen LogP contribution in [0.25, 0.3) is 0 Å². The van der Waals surface area contributed by atoms with Crippen molar-refractivity contribution in [1.29, 1.82) is 0 Å². The highest BCUT2D eigenvalue weighted by Gasteiger charge is 2.23. The molecular formula is C23H33N6O4-. The molecule has 2 unspecified atom stereocenters. The van der Waals surface area contributed by atoms with Gasteiger partial charge in [0.15, 0.2) is 5.82 Å². The molecule has 1 amide bonds. The van der Waals surface area contributed by atoms with E-state index in [9.17, 15) is 19.8 Å². The summed E-state index contributed by atoms with van der Waals surface area (Å²) in [4.78, 5) is 25.3. The van der Waals surface area contributed by atoms with E-state index in [1.807, 2.05) is 17.0 Å². The van der Waals surface area contributed by atoms with Crippen molar-refractivity contribution in [3.63, 3.8) is 0 Å². The summed E-state index contributed by atoms with van der Waals surface area (Å²) in [6.07, 6.45) is 1.12. The van der Waals surface area contributed by atoms with E-state index in [1.54, 1.807) is 4.68 Å². The average molecular weight is 458 g/mol. The number of carboxylic acids is 1. The number of fused-ring (bicyclic) bond motifs is 1. The number of tetrazole rings is 1. The quantitative estimate of drug-likeness (QED) is 0.462. The summed E-state index contributed by atoms with van der Waals surface area (Å²) < 4.78 is 1.68. The zero-order valence-electron chi connectivity index (χ0n) is 19.3. The highest BCUT2D eigenvalue weighted by molar-refractivity contribution is 5.76. The van der Waals surface area contributed by atoms with Crippen LogP contribution in [0.4, 0.5) is 0 Å². The number of aryl methyl sites for hydroxylation is 1. The average Bonchev–Trinajstić information content (AvgIpc) is 3.24. The van der Waals surface area contributed by atoms with Crippen molar-refractivity contribution >= 4 is 11.9 Å². The van der Waals surface area contributed by atoms with E-state index in [2.05, 4.69) is 46.8 Å². The van der Waals surface area contributed by atoms with E-state index in [0.717, 1.165) is 13.0 Å². The number of rotatable bonds is 12. The van der Waals surface area contributed by atoms with Gasteiger partial charge in [-0.25, -0.2) is 4.68 Å². The lowest BCUT2D eigenvalue weighted by molar-refractivity contribution is -0.307. The van der Waals surface area contributed by atoms with Crippen LogP contribution in [-0.2, 0) is 29.1 Å². The van der Waals surface area contributed by atoms with Gasteiger partial charge in [-0.2, -0.15) is 0 Å². The number of aliphatic carboxylic acids is 1. The molecule has 0 aliphatic carbocycles. The van der Waals surface area contributed by atoms with Gasteiger partial charge >= 0.3 is 0 Å². The van der Waals surface area contributed by atoms with Crippen molar-refractivity contribution in [1.82, 2.24) is 30.4 Å². The monoisotopic (exact) mass is 457 g/mol. The fourth-order valence-electron chi connectivity index (χ4n) is 4.16. The van der Waals surface area contributed by atoms with E-state index in [-0.39, 0.29) is 18.5 Å².